The van der Waals surface area contributed by atoms with Crippen molar-refractivity contribution >= 4 is 14.3 Å². The van der Waals surface area contributed by atoms with Crippen molar-refractivity contribution in [2.45, 2.75) is 45.0 Å². The highest BCUT2D eigenvalue weighted by Crippen LogP contribution is 2.30. The van der Waals surface area contributed by atoms with Gasteiger partial charge in [-0.3, -0.25) is 0 Å². The number of methoxy groups -OCH3 is 1. The first kappa shape index (κ1) is 16.0. The average Bonchev–Trinajstić information content (AvgIpc) is 2.58. The molecule has 116 valence electrons. The highest BCUT2D eigenvalue weighted by atomic mass is 28.4. The first-order chi connectivity index (χ1) is 10.4. The van der Waals surface area contributed by atoms with Gasteiger partial charge < -0.3 is 9.16 Å². The zero-order chi connectivity index (χ0) is 16.6. The number of hydrogen-bond donors (Lipinski definition) is 0. The summed E-state index contributed by atoms with van der Waals surface area (Å²) in [5.74, 6) is -0.479. The van der Waals surface area contributed by atoms with Gasteiger partial charge in [-0.05, 0) is 29.8 Å². The van der Waals surface area contributed by atoms with Crippen molar-refractivity contribution in [1.82, 2.24) is 0 Å². The highest BCUT2D eigenvalue weighted by molar-refractivity contribution is 6.73. The number of hydrogen-bond acceptors (Lipinski definition) is 3. The first-order valence-corrected chi connectivity index (χ1v) is 10.0. The SMILES string of the molecule is [2H]C(/C=C/C(=O)OC)(O[Si](CC)(CC)CC)c1ccccc1. The molecule has 1 aromatic rings. The molecule has 1 unspecified atom stereocenters. The van der Waals surface area contributed by atoms with Crippen LogP contribution in [0.25, 0.3) is 0 Å². The summed E-state index contributed by atoms with van der Waals surface area (Å²) in [6, 6.07) is 12.2. The fourth-order valence-corrected chi connectivity index (χ4v) is 4.79. The number of ether oxygens (including phenoxy) is 1. The van der Waals surface area contributed by atoms with Gasteiger partial charge in [-0.2, -0.15) is 0 Å². The second-order valence-electron chi connectivity index (χ2n) is 4.93. The van der Waals surface area contributed by atoms with Gasteiger partial charge in [-0.1, -0.05) is 51.1 Å². The third kappa shape index (κ3) is 5.14. The Kier molecular flexibility index (Phi) is 6.70. The summed E-state index contributed by atoms with van der Waals surface area (Å²) in [5, 5.41) is 0. The molecule has 21 heavy (non-hydrogen) atoms. The predicted molar refractivity (Wildman–Crippen MR) is 88.6 cm³/mol. The molecule has 0 bridgehead atoms. The van der Waals surface area contributed by atoms with Gasteiger partial charge in [0.25, 0.3) is 0 Å². The Morgan fingerprint density at radius 2 is 1.81 bits per heavy atom. The zero-order valence-corrected chi connectivity index (χ0v) is 14.4. The van der Waals surface area contributed by atoms with Gasteiger partial charge in [-0.15, -0.1) is 0 Å². The molecule has 0 spiro atoms. The summed E-state index contributed by atoms with van der Waals surface area (Å²) >= 11 is 0. The van der Waals surface area contributed by atoms with Crippen LogP contribution in [0.3, 0.4) is 0 Å². The lowest BCUT2D eigenvalue weighted by atomic mass is 10.1. The maximum absolute atomic E-state index is 11.4. The van der Waals surface area contributed by atoms with Crippen LogP contribution in [0.4, 0.5) is 0 Å². The highest BCUT2D eigenvalue weighted by Gasteiger charge is 2.31. The van der Waals surface area contributed by atoms with Crippen LogP contribution in [0.2, 0.25) is 18.1 Å². The summed E-state index contributed by atoms with van der Waals surface area (Å²) < 4.78 is 19.8. The minimum atomic E-state index is -2.01. The normalized spacial score (nSPS) is 15.5. The van der Waals surface area contributed by atoms with E-state index in [9.17, 15) is 4.79 Å². The number of esters is 1. The van der Waals surface area contributed by atoms with Gasteiger partial charge in [0.05, 0.1) is 14.6 Å². The predicted octanol–water partition coefficient (Wildman–Crippen LogP) is 4.48. The van der Waals surface area contributed by atoms with E-state index < -0.39 is 20.4 Å². The van der Waals surface area contributed by atoms with E-state index in [1.54, 1.807) is 0 Å². The van der Waals surface area contributed by atoms with Crippen LogP contribution in [-0.4, -0.2) is 21.4 Å². The Balaban J connectivity index is 3.22. The van der Waals surface area contributed by atoms with Crippen LogP contribution in [0.15, 0.2) is 42.5 Å². The van der Waals surface area contributed by atoms with Crippen LogP contribution in [0, 0.1) is 0 Å². The summed E-state index contributed by atoms with van der Waals surface area (Å²) in [7, 11) is -0.684. The standard InChI is InChI=1S/C17H26O3Si/c1-5-21(6-2,7-3)20-16(13-14-17(18)19-4)15-11-9-8-10-12-15/h8-14,16H,5-7H2,1-4H3/b14-13+/i16D. The summed E-state index contributed by atoms with van der Waals surface area (Å²) in [6.07, 6.45) is 1.42. The van der Waals surface area contributed by atoms with Crippen molar-refractivity contribution in [3.05, 3.63) is 48.0 Å². The molecule has 0 aliphatic carbocycles. The maximum atomic E-state index is 11.4. The molecule has 1 rings (SSSR count). The number of benzene rings is 1. The maximum Gasteiger partial charge on any atom is 0.330 e. The van der Waals surface area contributed by atoms with E-state index in [0.29, 0.717) is 0 Å². The van der Waals surface area contributed by atoms with Gasteiger partial charge in [0.15, 0.2) is 8.32 Å². The molecule has 0 saturated heterocycles. The largest absolute Gasteiger partial charge is 0.466 e. The molecule has 0 aliphatic rings. The van der Waals surface area contributed by atoms with E-state index in [-0.39, 0.29) is 0 Å². The van der Waals surface area contributed by atoms with Gasteiger partial charge in [0, 0.05) is 6.08 Å². The van der Waals surface area contributed by atoms with Gasteiger partial charge in [-0.25, -0.2) is 4.79 Å². The number of rotatable bonds is 8. The first-order valence-electron chi connectivity index (χ1n) is 7.98. The molecule has 3 nitrogen and oxygen atoms in total. The topological polar surface area (TPSA) is 35.5 Å². The van der Waals surface area contributed by atoms with Crippen LogP contribution in [0.1, 0.15) is 33.8 Å². The van der Waals surface area contributed by atoms with Gasteiger partial charge in [0.2, 0.25) is 0 Å². The molecule has 0 fully saturated rings. The fraction of sp³-hybridized carbons (Fsp3) is 0.471. The average molecular weight is 307 g/mol. The second kappa shape index (κ2) is 8.80. The molecule has 1 atom stereocenters. The lowest BCUT2D eigenvalue weighted by molar-refractivity contribution is -0.134. The van der Waals surface area contributed by atoms with Crippen molar-refractivity contribution in [2.24, 2.45) is 0 Å². The number of carbonyl (C=O) groups is 1. The number of carbonyl (C=O) groups excluding carboxylic acids is 1. The molecule has 0 aliphatic heterocycles. The fourth-order valence-electron chi connectivity index (χ4n) is 2.20. The molecule has 0 amide bonds. The minimum absolute atomic E-state index is 0.479. The Morgan fingerprint density at radius 3 is 2.29 bits per heavy atom. The van der Waals surface area contributed by atoms with Gasteiger partial charge in [0.1, 0.15) is 0 Å². The van der Waals surface area contributed by atoms with Crippen molar-refractivity contribution in [3.8, 4) is 0 Å². The summed E-state index contributed by atoms with van der Waals surface area (Å²) in [6.45, 7) is 6.36. The molecule has 0 saturated carbocycles. The zero-order valence-electron chi connectivity index (χ0n) is 14.4. The van der Waals surface area contributed by atoms with E-state index in [4.69, 9.17) is 5.80 Å². The van der Waals surface area contributed by atoms with Crippen molar-refractivity contribution in [2.75, 3.05) is 7.11 Å². The molecule has 0 radical (unpaired) electrons. The molecule has 0 N–H and O–H groups in total. The summed E-state index contributed by atoms with van der Waals surface area (Å²) in [5.41, 5.74) is 0.724. The Morgan fingerprint density at radius 1 is 1.24 bits per heavy atom. The lowest BCUT2D eigenvalue weighted by Gasteiger charge is -2.32. The smallest absolute Gasteiger partial charge is 0.330 e. The molecular formula is C17H26O3Si. The Labute approximate surface area is 130 Å². The van der Waals surface area contributed by atoms with Crippen molar-refractivity contribution in [3.63, 3.8) is 0 Å². The monoisotopic (exact) mass is 307 g/mol. The third-order valence-electron chi connectivity index (χ3n) is 3.89. The van der Waals surface area contributed by atoms with Crippen LogP contribution in [-0.2, 0) is 14.0 Å². The van der Waals surface area contributed by atoms with E-state index >= 15 is 0 Å². The molecule has 0 aromatic heterocycles. The lowest BCUT2D eigenvalue weighted by Crippen LogP contribution is -2.37. The van der Waals surface area contributed by atoms with Gasteiger partial charge >= 0.3 is 5.97 Å². The Hall–Kier alpha value is -1.39. The summed E-state index contributed by atoms with van der Waals surface area (Å²) in [4.78, 5) is 11.4. The van der Waals surface area contributed by atoms with Crippen LogP contribution in [0.5, 0.6) is 0 Å². The van der Waals surface area contributed by atoms with E-state index in [1.807, 2.05) is 30.3 Å². The van der Waals surface area contributed by atoms with Crippen molar-refractivity contribution < 1.29 is 15.3 Å². The quantitative estimate of drug-likeness (QED) is 0.403. The van der Waals surface area contributed by atoms with Crippen molar-refractivity contribution in [1.29, 1.82) is 0 Å². The van der Waals surface area contributed by atoms with Crippen LogP contribution < -0.4 is 0 Å². The molecule has 0 heterocycles. The minimum Gasteiger partial charge on any atom is -0.466 e. The third-order valence-corrected chi connectivity index (χ3v) is 8.41. The Bertz CT molecular complexity index is 492. The molecule has 4 heteroatoms. The molecule has 1 aromatic carbocycles. The van der Waals surface area contributed by atoms with E-state index in [1.165, 1.54) is 19.3 Å². The molecular weight excluding hydrogens is 280 g/mol. The van der Waals surface area contributed by atoms with Crippen LogP contribution >= 0.6 is 0 Å². The van der Waals surface area contributed by atoms with E-state index in [0.717, 1.165) is 23.7 Å². The van der Waals surface area contributed by atoms with E-state index in [2.05, 4.69) is 25.5 Å². The second-order valence-corrected chi connectivity index (χ2v) is 9.62.